The Morgan fingerprint density at radius 2 is 1.64 bits per heavy atom. The lowest BCUT2D eigenvalue weighted by Gasteiger charge is -2.26. The molecule has 1 heterocycles. The van der Waals surface area contributed by atoms with E-state index in [1.165, 1.54) is 6.07 Å². The van der Waals surface area contributed by atoms with Crippen molar-refractivity contribution >= 4 is 21.9 Å². The normalized spacial score (nSPS) is 11.8. The van der Waals surface area contributed by atoms with Crippen LogP contribution in [0.1, 0.15) is 27.7 Å². The molecule has 0 aliphatic carbocycles. The fourth-order valence-electron chi connectivity index (χ4n) is 2.67. The molecule has 3 rings (SSSR count). The van der Waals surface area contributed by atoms with Crippen LogP contribution >= 0.6 is 0 Å². The number of phenols is 1. The molecule has 1 N–H and O–H groups in total. The van der Waals surface area contributed by atoms with E-state index in [2.05, 4.69) is 11.8 Å². The Morgan fingerprint density at radius 3 is 2.29 bits per heavy atom. The number of fused-ring (bicyclic) bond motifs is 2. The maximum atomic E-state index is 13.0. The van der Waals surface area contributed by atoms with E-state index in [4.69, 9.17) is 26.7 Å². The molecule has 0 amide bonds. The van der Waals surface area contributed by atoms with Gasteiger partial charge in [0.15, 0.2) is 22.5 Å². The van der Waals surface area contributed by atoms with Crippen LogP contribution in [-0.4, -0.2) is 16.3 Å². The van der Waals surface area contributed by atoms with E-state index in [9.17, 15) is 9.90 Å². The SMILES string of the molecule is C#CC(C)(C)Oc1ccc2c(=O)c3c(O)cccc3oc2c1OC(C)(C)C#C. The molecule has 0 bridgehead atoms. The van der Waals surface area contributed by atoms with Gasteiger partial charge in [-0.2, -0.15) is 0 Å². The lowest BCUT2D eigenvalue weighted by molar-refractivity contribution is 0.135. The monoisotopic (exact) mass is 376 g/mol. The van der Waals surface area contributed by atoms with Crippen molar-refractivity contribution in [2.75, 3.05) is 0 Å². The van der Waals surface area contributed by atoms with E-state index in [1.54, 1.807) is 52.0 Å². The second kappa shape index (κ2) is 6.55. The Balaban J connectivity index is 2.40. The summed E-state index contributed by atoms with van der Waals surface area (Å²) in [5, 5.41) is 10.4. The van der Waals surface area contributed by atoms with Crippen LogP contribution in [0.15, 0.2) is 39.5 Å². The Bertz CT molecular complexity index is 1220. The zero-order chi connectivity index (χ0) is 20.7. The summed E-state index contributed by atoms with van der Waals surface area (Å²) >= 11 is 0. The van der Waals surface area contributed by atoms with Crippen LogP contribution in [0.5, 0.6) is 17.2 Å². The topological polar surface area (TPSA) is 68.9 Å². The van der Waals surface area contributed by atoms with Crippen molar-refractivity contribution in [2.45, 2.75) is 38.9 Å². The molecule has 0 fully saturated rings. The Kier molecular flexibility index (Phi) is 4.49. The van der Waals surface area contributed by atoms with Crippen LogP contribution in [-0.2, 0) is 0 Å². The first-order valence-corrected chi connectivity index (χ1v) is 8.63. The van der Waals surface area contributed by atoms with Crippen LogP contribution in [0.4, 0.5) is 0 Å². The minimum absolute atomic E-state index is 0.0924. The minimum Gasteiger partial charge on any atom is -0.507 e. The Hall–Kier alpha value is -3.57. The van der Waals surface area contributed by atoms with Crippen molar-refractivity contribution in [1.82, 2.24) is 0 Å². The predicted molar refractivity (Wildman–Crippen MR) is 109 cm³/mol. The lowest BCUT2D eigenvalue weighted by atomic mass is 10.1. The molecular weight excluding hydrogens is 356 g/mol. The van der Waals surface area contributed by atoms with Gasteiger partial charge in [0.2, 0.25) is 11.2 Å². The van der Waals surface area contributed by atoms with Crippen molar-refractivity contribution in [1.29, 1.82) is 0 Å². The van der Waals surface area contributed by atoms with E-state index >= 15 is 0 Å². The first-order valence-electron chi connectivity index (χ1n) is 8.63. The molecule has 142 valence electrons. The highest BCUT2D eigenvalue weighted by Gasteiger charge is 2.27. The molecule has 0 radical (unpaired) electrons. The summed E-state index contributed by atoms with van der Waals surface area (Å²) in [6, 6.07) is 7.72. The highest BCUT2D eigenvalue weighted by atomic mass is 16.5. The maximum Gasteiger partial charge on any atom is 0.206 e. The van der Waals surface area contributed by atoms with Gasteiger partial charge in [-0.05, 0) is 52.0 Å². The summed E-state index contributed by atoms with van der Waals surface area (Å²) in [4.78, 5) is 13.0. The third-order valence-electron chi connectivity index (χ3n) is 4.18. The van der Waals surface area contributed by atoms with E-state index in [0.29, 0.717) is 5.75 Å². The van der Waals surface area contributed by atoms with E-state index in [-0.39, 0.29) is 38.9 Å². The minimum atomic E-state index is -1.00. The average molecular weight is 376 g/mol. The quantitative estimate of drug-likeness (QED) is 0.545. The molecule has 0 saturated carbocycles. The number of benzene rings is 2. The van der Waals surface area contributed by atoms with Crippen molar-refractivity contribution < 1.29 is 19.0 Å². The highest BCUT2D eigenvalue weighted by molar-refractivity contribution is 5.96. The summed E-state index contributed by atoms with van der Waals surface area (Å²) in [7, 11) is 0. The molecule has 3 aromatic rings. The number of terminal acetylenes is 2. The molecule has 5 nitrogen and oxygen atoms in total. The number of hydrogen-bond donors (Lipinski definition) is 1. The van der Waals surface area contributed by atoms with Crippen LogP contribution in [0, 0.1) is 24.7 Å². The van der Waals surface area contributed by atoms with Gasteiger partial charge in [0.1, 0.15) is 16.7 Å². The van der Waals surface area contributed by atoms with Gasteiger partial charge < -0.3 is 19.0 Å². The van der Waals surface area contributed by atoms with Gasteiger partial charge in [-0.1, -0.05) is 17.9 Å². The molecule has 0 aliphatic rings. The first-order chi connectivity index (χ1) is 13.1. The van der Waals surface area contributed by atoms with Gasteiger partial charge in [-0.25, -0.2) is 0 Å². The van der Waals surface area contributed by atoms with Gasteiger partial charge in [-0.15, -0.1) is 12.8 Å². The van der Waals surface area contributed by atoms with Crippen LogP contribution < -0.4 is 14.9 Å². The van der Waals surface area contributed by atoms with E-state index in [0.717, 1.165) is 0 Å². The molecule has 2 aromatic carbocycles. The van der Waals surface area contributed by atoms with E-state index < -0.39 is 11.2 Å². The number of hydrogen-bond acceptors (Lipinski definition) is 5. The van der Waals surface area contributed by atoms with Crippen LogP contribution in [0.25, 0.3) is 21.9 Å². The third-order valence-corrected chi connectivity index (χ3v) is 4.18. The predicted octanol–water partition coefficient (Wildman–Crippen LogP) is 4.23. The lowest BCUT2D eigenvalue weighted by Crippen LogP contribution is -2.29. The number of rotatable bonds is 4. The molecule has 0 atom stereocenters. The average Bonchev–Trinajstić information content (AvgIpc) is 2.63. The summed E-state index contributed by atoms with van der Waals surface area (Å²) in [6.07, 6.45) is 11.1. The molecule has 5 heteroatoms. The van der Waals surface area contributed by atoms with Gasteiger partial charge in [0.25, 0.3) is 0 Å². The highest BCUT2D eigenvalue weighted by Crippen LogP contribution is 2.40. The summed E-state index contributed by atoms with van der Waals surface area (Å²) in [5.74, 6) is 5.39. The summed E-state index contributed by atoms with van der Waals surface area (Å²) < 4.78 is 17.8. The van der Waals surface area contributed by atoms with Gasteiger partial charge in [0.05, 0.1) is 5.39 Å². The van der Waals surface area contributed by atoms with Crippen molar-refractivity contribution in [2.24, 2.45) is 0 Å². The smallest absolute Gasteiger partial charge is 0.206 e. The molecule has 0 saturated heterocycles. The second-order valence-corrected chi connectivity index (χ2v) is 7.36. The maximum absolute atomic E-state index is 13.0. The van der Waals surface area contributed by atoms with Crippen LogP contribution in [0.3, 0.4) is 0 Å². The summed E-state index contributed by atoms with van der Waals surface area (Å²) in [5.41, 5.74) is -1.94. The van der Waals surface area contributed by atoms with Crippen LogP contribution in [0.2, 0.25) is 0 Å². The van der Waals surface area contributed by atoms with Gasteiger partial charge in [-0.3, -0.25) is 4.79 Å². The molecular formula is C23H20O5. The Labute approximate surface area is 162 Å². The third kappa shape index (κ3) is 3.35. The molecule has 1 aromatic heterocycles. The standard InChI is InChI=1S/C23H20O5/c1-7-22(3,4)27-17-13-12-14-19(25)18-15(24)10-9-11-16(18)26-20(14)21(17)28-23(5,6)8-2/h1-2,9-13,24H,3-6H3. The largest absolute Gasteiger partial charge is 0.507 e. The molecule has 0 spiro atoms. The van der Waals surface area contributed by atoms with Crippen molar-refractivity contribution in [3.8, 4) is 41.9 Å². The van der Waals surface area contributed by atoms with Crippen molar-refractivity contribution in [3.05, 3.63) is 40.6 Å². The number of phenolic OH excluding ortho intramolecular Hbond substituents is 1. The molecule has 28 heavy (non-hydrogen) atoms. The van der Waals surface area contributed by atoms with E-state index in [1.807, 2.05) is 0 Å². The number of aromatic hydroxyl groups is 1. The second-order valence-electron chi connectivity index (χ2n) is 7.36. The fraction of sp³-hybridized carbons (Fsp3) is 0.261. The fourth-order valence-corrected chi connectivity index (χ4v) is 2.67. The molecule has 0 aliphatic heterocycles. The Morgan fingerprint density at radius 1 is 1.00 bits per heavy atom. The van der Waals surface area contributed by atoms with Gasteiger partial charge >= 0.3 is 0 Å². The zero-order valence-electron chi connectivity index (χ0n) is 16.1. The van der Waals surface area contributed by atoms with Crippen molar-refractivity contribution in [3.63, 3.8) is 0 Å². The number of ether oxygens (including phenoxy) is 2. The van der Waals surface area contributed by atoms with Gasteiger partial charge in [0, 0.05) is 0 Å². The first kappa shape index (κ1) is 19.2. The zero-order valence-corrected chi connectivity index (χ0v) is 16.1. The summed E-state index contributed by atoms with van der Waals surface area (Å²) in [6.45, 7) is 6.85. The molecule has 0 unspecified atom stereocenters.